The van der Waals surface area contributed by atoms with Gasteiger partial charge in [-0.15, -0.1) is 0 Å². The Bertz CT molecular complexity index is 659. The van der Waals surface area contributed by atoms with Gasteiger partial charge in [0.05, 0.1) is 13.2 Å². The van der Waals surface area contributed by atoms with Crippen LogP contribution in [-0.2, 0) is 22.4 Å². The molecular formula is C23H34N2O3. The summed E-state index contributed by atoms with van der Waals surface area (Å²) in [4.78, 5) is 16.7. The quantitative estimate of drug-likeness (QED) is 0.786. The molecule has 3 aliphatic rings. The van der Waals surface area contributed by atoms with Gasteiger partial charge in [-0.05, 0) is 75.2 Å². The molecule has 1 N–H and O–H groups in total. The van der Waals surface area contributed by atoms with Crippen LogP contribution in [-0.4, -0.2) is 72.9 Å². The number of aliphatic hydroxyl groups excluding tert-OH is 1. The Labute approximate surface area is 168 Å². The number of rotatable bonds is 5. The Kier molecular flexibility index (Phi) is 6.04. The molecule has 4 rings (SSSR count). The van der Waals surface area contributed by atoms with Crippen LogP contribution in [0.5, 0.6) is 0 Å². The first-order chi connectivity index (χ1) is 13.6. The van der Waals surface area contributed by atoms with Crippen molar-refractivity contribution in [2.45, 2.75) is 45.1 Å². The minimum absolute atomic E-state index is 0.147. The number of benzene rings is 1. The van der Waals surface area contributed by atoms with E-state index in [1.165, 1.54) is 24.0 Å². The van der Waals surface area contributed by atoms with E-state index in [1.54, 1.807) is 0 Å². The van der Waals surface area contributed by atoms with Crippen LogP contribution in [0.3, 0.4) is 0 Å². The van der Waals surface area contributed by atoms with E-state index in [1.807, 2.05) is 6.92 Å². The second-order valence-electron chi connectivity index (χ2n) is 8.90. The Morgan fingerprint density at radius 1 is 1.14 bits per heavy atom. The van der Waals surface area contributed by atoms with Crippen LogP contribution in [0.2, 0.25) is 0 Å². The molecule has 5 heteroatoms. The lowest BCUT2D eigenvalue weighted by Gasteiger charge is -2.52. The highest BCUT2D eigenvalue weighted by molar-refractivity contribution is 5.71. The molecule has 0 radical (unpaired) electrons. The van der Waals surface area contributed by atoms with Gasteiger partial charge in [0.15, 0.2) is 0 Å². The topological polar surface area (TPSA) is 53.0 Å². The van der Waals surface area contributed by atoms with Gasteiger partial charge in [-0.2, -0.15) is 0 Å². The maximum atomic E-state index is 11.8. The third kappa shape index (κ3) is 3.98. The summed E-state index contributed by atoms with van der Waals surface area (Å²) in [7, 11) is 0. The SMILES string of the molecule is CCOC(=O)CN1CCC2(CCN(C3Cc4ccccc4C3)CC2)[C@H](CO)C1. The smallest absolute Gasteiger partial charge is 0.320 e. The van der Waals surface area contributed by atoms with E-state index in [0.717, 1.165) is 45.4 Å². The highest BCUT2D eigenvalue weighted by Crippen LogP contribution is 2.46. The number of ether oxygens (including phenoxy) is 1. The first-order valence-corrected chi connectivity index (χ1v) is 10.9. The highest BCUT2D eigenvalue weighted by Gasteiger charge is 2.45. The molecule has 2 saturated heterocycles. The van der Waals surface area contributed by atoms with E-state index in [-0.39, 0.29) is 23.9 Å². The number of hydrogen-bond acceptors (Lipinski definition) is 5. The molecule has 2 heterocycles. The van der Waals surface area contributed by atoms with Gasteiger partial charge < -0.3 is 9.84 Å². The van der Waals surface area contributed by atoms with Crippen molar-refractivity contribution in [3.8, 4) is 0 Å². The molecular weight excluding hydrogens is 352 g/mol. The lowest BCUT2D eigenvalue weighted by Crippen LogP contribution is -2.55. The number of piperidine rings is 2. The largest absolute Gasteiger partial charge is 0.465 e. The molecule has 0 unspecified atom stereocenters. The van der Waals surface area contributed by atoms with E-state index in [0.29, 0.717) is 19.2 Å². The van der Waals surface area contributed by atoms with Crippen molar-refractivity contribution in [1.82, 2.24) is 9.80 Å². The van der Waals surface area contributed by atoms with E-state index in [9.17, 15) is 9.90 Å². The van der Waals surface area contributed by atoms with Crippen LogP contribution >= 0.6 is 0 Å². The van der Waals surface area contributed by atoms with Crippen LogP contribution in [0.1, 0.15) is 37.3 Å². The van der Waals surface area contributed by atoms with Crippen LogP contribution in [0.15, 0.2) is 24.3 Å². The van der Waals surface area contributed by atoms with Crippen LogP contribution in [0.4, 0.5) is 0 Å². The first kappa shape index (κ1) is 19.9. The van der Waals surface area contributed by atoms with Crippen molar-refractivity contribution < 1.29 is 14.6 Å². The summed E-state index contributed by atoms with van der Waals surface area (Å²) in [5.74, 6) is 0.115. The highest BCUT2D eigenvalue weighted by atomic mass is 16.5. The maximum Gasteiger partial charge on any atom is 0.320 e. The van der Waals surface area contributed by atoms with Crippen molar-refractivity contribution in [3.05, 3.63) is 35.4 Å². The summed E-state index contributed by atoms with van der Waals surface area (Å²) in [6.45, 7) is 6.85. The van der Waals surface area contributed by atoms with Crippen LogP contribution in [0.25, 0.3) is 0 Å². The average Bonchev–Trinajstić information content (AvgIpc) is 3.14. The number of aliphatic hydroxyl groups is 1. The predicted molar refractivity (Wildman–Crippen MR) is 109 cm³/mol. The summed E-state index contributed by atoms with van der Waals surface area (Å²) in [6.07, 6.45) is 5.77. The normalized spacial score (nSPS) is 25.7. The summed E-state index contributed by atoms with van der Waals surface area (Å²) in [5, 5.41) is 10.1. The summed E-state index contributed by atoms with van der Waals surface area (Å²) >= 11 is 0. The molecule has 5 nitrogen and oxygen atoms in total. The second kappa shape index (κ2) is 8.52. The zero-order chi connectivity index (χ0) is 19.6. The number of carbonyl (C=O) groups is 1. The van der Waals surface area contributed by atoms with Crippen molar-refractivity contribution in [1.29, 1.82) is 0 Å². The Morgan fingerprint density at radius 2 is 1.79 bits per heavy atom. The third-order valence-corrected chi connectivity index (χ3v) is 7.49. The zero-order valence-corrected chi connectivity index (χ0v) is 17.1. The Morgan fingerprint density at radius 3 is 2.39 bits per heavy atom. The Hall–Kier alpha value is -1.43. The molecule has 1 spiro atoms. The third-order valence-electron chi connectivity index (χ3n) is 7.49. The van der Waals surface area contributed by atoms with Gasteiger partial charge in [-0.3, -0.25) is 14.6 Å². The monoisotopic (exact) mass is 386 g/mol. The van der Waals surface area contributed by atoms with Gasteiger partial charge in [-0.25, -0.2) is 0 Å². The summed E-state index contributed by atoms with van der Waals surface area (Å²) in [6, 6.07) is 9.51. The fourth-order valence-corrected chi connectivity index (χ4v) is 5.75. The zero-order valence-electron chi connectivity index (χ0n) is 17.1. The summed E-state index contributed by atoms with van der Waals surface area (Å²) < 4.78 is 5.10. The van der Waals surface area contributed by atoms with E-state index >= 15 is 0 Å². The van der Waals surface area contributed by atoms with Crippen molar-refractivity contribution >= 4 is 5.97 Å². The average molecular weight is 387 g/mol. The number of nitrogens with zero attached hydrogens (tertiary/aromatic N) is 2. The number of hydrogen-bond donors (Lipinski definition) is 1. The maximum absolute atomic E-state index is 11.8. The minimum atomic E-state index is -0.147. The molecule has 1 aromatic rings. The summed E-state index contributed by atoms with van der Waals surface area (Å²) in [5.41, 5.74) is 3.28. The standard InChI is InChI=1S/C23H34N2O3/c1-2-28-22(27)16-24-10-7-23(20(15-24)17-26)8-11-25(12-9-23)21-13-18-5-3-4-6-19(18)14-21/h3-6,20-21,26H,2,7-17H2,1H3/t20-/m0/s1. The fourth-order valence-electron chi connectivity index (χ4n) is 5.75. The minimum Gasteiger partial charge on any atom is -0.465 e. The fraction of sp³-hybridized carbons (Fsp3) is 0.696. The molecule has 2 aliphatic heterocycles. The lowest BCUT2D eigenvalue weighted by molar-refractivity contribution is -0.146. The molecule has 28 heavy (non-hydrogen) atoms. The number of carbonyl (C=O) groups excluding carboxylic acids is 1. The Balaban J connectivity index is 1.33. The van der Waals surface area contributed by atoms with E-state index in [4.69, 9.17) is 4.74 Å². The molecule has 0 bridgehead atoms. The van der Waals surface area contributed by atoms with Crippen molar-refractivity contribution in [3.63, 3.8) is 0 Å². The van der Waals surface area contributed by atoms with E-state index < -0.39 is 0 Å². The first-order valence-electron chi connectivity index (χ1n) is 10.9. The molecule has 0 saturated carbocycles. The second-order valence-corrected chi connectivity index (χ2v) is 8.90. The van der Waals surface area contributed by atoms with E-state index in [2.05, 4.69) is 34.1 Å². The van der Waals surface area contributed by atoms with Crippen LogP contribution in [0, 0.1) is 11.3 Å². The number of esters is 1. The molecule has 0 aromatic heterocycles. The van der Waals surface area contributed by atoms with Gasteiger partial charge in [0.25, 0.3) is 0 Å². The van der Waals surface area contributed by atoms with Crippen molar-refractivity contribution in [2.75, 3.05) is 45.9 Å². The number of likely N-dealkylation sites (tertiary alicyclic amines) is 2. The van der Waals surface area contributed by atoms with Gasteiger partial charge in [0.2, 0.25) is 0 Å². The molecule has 1 aliphatic carbocycles. The molecule has 154 valence electrons. The lowest BCUT2D eigenvalue weighted by atomic mass is 9.64. The molecule has 0 amide bonds. The van der Waals surface area contributed by atoms with Gasteiger partial charge in [0.1, 0.15) is 0 Å². The van der Waals surface area contributed by atoms with Crippen LogP contribution < -0.4 is 0 Å². The molecule has 1 atom stereocenters. The molecule has 2 fully saturated rings. The van der Waals surface area contributed by atoms with Gasteiger partial charge in [0, 0.05) is 25.1 Å². The molecule has 1 aromatic carbocycles. The number of fused-ring (bicyclic) bond motifs is 1. The van der Waals surface area contributed by atoms with Crippen molar-refractivity contribution in [2.24, 2.45) is 11.3 Å². The predicted octanol–water partition coefficient (Wildman–Crippen LogP) is 2.11. The van der Waals surface area contributed by atoms with Gasteiger partial charge >= 0.3 is 5.97 Å². The van der Waals surface area contributed by atoms with Gasteiger partial charge in [-0.1, -0.05) is 24.3 Å².